The molecule has 0 aliphatic heterocycles. The Balaban J connectivity index is 2.52. The van der Waals surface area contributed by atoms with Crippen molar-refractivity contribution in [2.45, 2.75) is 19.4 Å². The Morgan fingerprint density at radius 2 is 2.09 bits per heavy atom. The third kappa shape index (κ3) is 3.23. The first-order valence-corrected chi connectivity index (χ1v) is 7.41. The van der Waals surface area contributed by atoms with E-state index in [1.165, 1.54) is 0 Å². The van der Waals surface area contributed by atoms with Crippen molar-refractivity contribution in [3.63, 3.8) is 0 Å². The summed E-state index contributed by atoms with van der Waals surface area (Å²) in [6.07, 6.45) is -0.539. The fourth-order valence-electron chi connectivity index (χ4n) is 2.33. The van der Waals surface area contributed by atoms with Gasteiger partial charge >= 0.3 is 11.9 Å². The zero-order chi connectivity index (χ0) is 16.4. The summed E-state index contributed by atoms with van der Waals surface area (Å²) in [7, 11) is 0. The number of aromatic amines is 1. The summed E-state index contributed by atoms with van der Waals surface area (Å²) in [4.78, 5) is 22.0. The van der Waals surface area contributed by atoms with Gasteiger partial charge in [0.2, 0.25) is 0 Å². The van der Waals surface area contributed by atoms with Crippen molar-refractivity contribution in [2.24, 2.45) is 5.92 Å². The molecule has 0 aliphatic carbocycles. The van der Waals surface area contributed by atoms with Gasteiger partial charge in [0.1, 0.15) is 0 Å². The largest absolute Gasteiger partial charge is 0.481 e. The van der Waals surface area contributed by atoms with Crippen LogP contribution in [0.5, 0.6) is 0 Å². The minimum Gasteiger partial charge on any atom is -0.481 e. The lowest BCUT2D eigenvalue weighted by atomic mass is 9.92. The molecule has 1 aromatic carbocycles. The Labute approximate surface area is 138 Å². The number of nitrogens with zero attached hydrogens (tertiary/aromatic N) is 1. The van der Waals surface area contributed by atoms with Gasteiger partial charge in [-0.3, -0.25) is 14.7 Å². The van der Waals surface area contributed by atoms with E-state index >= 15 is 0 Å². The number of rotatable bonds is 6. The number of H-pyrrole nitrogens is 1. The minimum absolute atomic E-state index is 0.0342. The van der Waals surface area contributed by atoms with Gasteiger partial charge in [0.05, 0.1) is 24.5 Å². The number of hydrogen-bond donors (Lipinski definition) is 4. The molecular weight excluding hydrogens is 380 g/mol. The molecule has 2 rings (SSSR count). The van der Waals surface area contributed by atoms with Crippen LogP contribution in [0, 0.1) is 5.92 Å². The molecule has 0 spiro atoms. The maximum absolute atomic E-state index is 11.2. The Morgan fingerprint density at radius 1 is 1.41 bits per heavy atom. The average molecular weight is 392 g/mol. The number of carbonyl (C=O) groups is 2. The summed E-state index contributed by atoms with van der Waals surface area (Å²) in [6.45, 7) is -0.363. The third-order valence-electron chi connectivity index (χ3n) is 3.35. The number of halogens is 2. The minimum atomic E-state index is -1.21. The number of aliphatic carboxylic acids is 2. The zero-order valence-electron chi connectivity index (χ0n) is 11.1. The van der Waals surface area contributed by atoms with Crippen LogP contribution in [0.2, 0.25) is 5.15 Å². The van der Waals surface area contributed by atoms with Crippen molar-refractivity contribution >= 4 is 50.4 Å². The summed E-state index contributed by atoms with van der Waals surface area (Å²) in [5, 5.41) is 34.8. The Hall–Kier alpha value is -1.64. The molecule has 1 atom stereocenters. The first kappa shape index (κ1) is 16.7. The molecule has 0 bridgehead atoms. The fourth-order valence-corrected chi connectivity index (χ4v) is 3.14. The van der Waals surface area contributed by atoms with E-state index in [2.05, 4.69) is 26.1 Å². The maximum Gasteiger partial charge on any atom is 0.307 e. The van der Waals surface area contributed by atoms with Crippen molar-refractivity contribution in [3.05, 3.63) is 26.8 Å². The lowest BCUT2D eigenvalue weighted by Crippen LogP contribution is -2.21. The van der Waals surface area contributed by atoms with E-state index in [0.29, 0.717) is 26.5 Å². The molecule has 1 unspecified atom stereocenters. The van der Waals surface area contributed by atoms with E-state index in [9.17, 15) is 14.7 Å². The van der Waals surface area contributed by atoms with Crippen LogP contribution in [0.1, 0.15) is 17.5 Å². The van der Waals surface area contributed by atoms with Crippen molar-refractivity contribution < 1.29 is 24.9 Å². The molecule has 0 saturated carbocycles. The van der Waals surface area contributed by atoms with Gasteiger partial charge in [0.15, 0.2) is 5.15 Å². The molecule has 0 aliphatic rings. The van der Waals surface area contributed by atoms with Gasteiger partial charge in [-0.25, -0.2) is 0 Å². The van der Waals surface area contributed by atoms with Crippen molar-refractivity contribution in [2.75, 3.05) is 0 Å². The molecule has 0 amide bonds. The predicted molar refractivity (Wildman–Crippen MR) is 81.8 cm³/mol. The highest BCUT2D eigenvalue weighted by Crippen LogP contribution is 2.34. The molecule has 7 nitrogen and oxygen atoms in total. The van der Waals surface area contributed by atoms with Crippen molar-refractivity contribution in [3.8, 4) is 0 Å². The molecule has 22 heavy (non-hydrogen) atoms. The second-order valence-electron chi connectivity index (χ2n) is 4.76. The lowest BCUT2D eigenvalue weighted by molar-refractivity contribution is -0.148. The van der Waals surface area contributed by atoms with E-state index in [0.717, 1.165) is 0 Å². The van der Waals surface area contributed by atoms with Gasteiger partial charge in [0.25, 0.3) is 0 Å². The van der Waals surface area contributed by atoms with Gasteiger partial charge in [-0.05, 0) is 39.5 Å². The highest BCUT2D eigenvalue weighted by Gasteiger charge is 2.24. The first-order chi connectivity index (χ1) is 10.3. The second-order valence-corrected chi connectivity index (χ2v) is 5.97. The average Bonchev–Trinajstić information content (AvgIpc) is 2.81. The van der Waals surface area contributed by atoms with Gasteiger partial charge < -0.3 is 15.3 Å². The van der Waals surface area contributed by atoms with Gasteiger partial charge in [-0.15, -0.1) is 0 Å². The van der Waals surface area contributed by atoms with Crippen LogP contribution in [-0.4, -0.2) is 37.5 Å². The highest BCUT2D eigenvalue weighted by molar-refractivity contribution is 9.10. The van der Waals surface area contributed by atoms with E-state index in [-0.39, 0.29) is 18.2 Å². The highest BCUT2D eigenvalue weighted by atomic mass is 79.9. The van der Waals surface area contributed by atoms with Crippen LogP contribution in [0.4, 0.5) is 0 Å². The molecule has 1 aromatic heterocycles. The quantitative estimate of drug-likeness (QED) is 0.598. The fraction of sp³-hybridized carbons (Fsp3) is 0.308. The number of aliphatic hydroxyl groups is 1. The number of nitrogens with one attached hydrogen (secondary N) is 1. The molecular formula is C13H12BrClN2O5. The van der Waals surface area contributed by atoms with E-state index < -0.39 is 24.3 Å². The van der Waals surface area contributed by atoms with Gasteiger partial charge in [-0.1, -0.05) is 11.6 Å². The summed E-state index contributed by atoms with van der Waals surface area (Å²) < 4.78 is 0.605. The monoisotopic (exact) mass is 390 g/mol. The normalized spacial score (nSPS) is 12.5. The second kappa shape index (κ2) is 6.64. The van der Waals surface area contributed by atoms with Crippen molar-refractivity contribution in [1.29, 1.82) is 0 Å². The summed E-state index contributed by atoms with van der Waals surface area (Å²) >= 11 is 9.33. The van der Waals surface area contributed by atoms with Crippen LogP contribution in [0.3, 0.4) is 0 Å². The van der Waals surface area contributed by atoms with Crippen LogP contribution < -0.4 is 0 Å². The smallest absolute Gasteiger partial charge is 0.307 e. The van der Waals surface area contributed by atoms with E-state index in [1.54, 1.807) is 6.07 Å². The van der Waals surface area contributed by atoms with Crippen LogP contribution in [0.15, 0.2) is 10.5 Å². The maximum atomic E-state index is 11.2. The van der Waals surface area contributed by atoms with Crippen molar-refractivity contribution in [1.82, 2.24) is 10.2 Å². The number of aliphatic hydroxyl groups excluding tert-OH is 1. The van der Waals surface area contributed by atoms with Crippen LogP contribution in [0.25, 0.3) is 10.9 Å². The molecule has 1 heterocycles. The number of hydrogen-bond acceptors (Lipinski definition) is 4. The summed E-state index contributed by atoms with van der Waals surface area (Å²) in [5.41, 5.74) is 1.54. The van der Waals surface area contributed by atoms with E-state index in [1.807, 2.05) is 0 Å². The molecule has 118 valence electrons. The molecule has 9 heteroatoms. The summed E-state index contributed by atoms with van der Waals surface area (Å²) in [5.74, 6) is -3.50. The number of fused-ring (bicyclic) bond motifs is 1. The Kier molecular flexibility index (Phi) is 5.05. The first-order valence-electron chi connectivity index (χ1n) is 6.24. The standard InChI is InChI=1S/C13H12BrClN2O5/c14-8-2-5(1-6(13(21)22)3-9(19)20)7(4-18)10-11(8)16-17-12(10)15/h2,6,18H,1,3-4H2,(H,16,17)(H,19,20)(H,21,22). The number of carboxylic acid groups (broad SMARTS) is 2. The zero-order valence-corrected chi connectivity index (χ0v) is 13.5. The molecule has 4 N–H and O–H groups in total. The summed E-state index contributed by atoms with van der Waals surface area (Å²) in [6, 6.07) is 1.64. The number of carboxylic acids is 2. The number of aromatic nitrogens is 2. The predicted octanol–water partition coefficient (Wildman–Crippen LogP) is 2.19. The van der Waals surface area contributed by atoms with Crippen LogP contribution >= 0.6 is 27.5 Å². The Morgan fingerprint density at radius 3 is 2.64 bits per heavy atom. The topological polar surface area (TPSA) is 124 Å². The SMILES string of the molecule is O=C(O)CC(Cc1cc(Br)c2[nH]nc(Cl)c2c1CO)C(=O)O. The van der Waals surface area contributed by atoms with Gasteiger partial charge in [0, 0.05) is 9.86 Å². The number of benzene rings is 1. The molecule has 2 aromatic rings. The molecule has 0 saturated heterocycles. The lowest BCUT2D eigenvalue weighted by Gasteiger charge is -2.14. The van der Waals surface area contributed by atoms with Crippen LogP contribution in [-0.2, 0) is 22.6 Å². The van der Waals surface area contributed by atoms with Gasteiger partial charge in [-0.2, -0.15) is 5.10 Å². The Bertz CT molecular complexity index is 746. The molecule has 0 radical (unpaired) electrons. The molecule has 0 fully saturated rings. The van der Waals surface area contributed by atoms with E-state index in [4.69, 9.17) is 21.8 Å². The third-order valence-corrected chi connectivity index (χ3v) is 4.24.